The molecular weight excluding hydrogens is 719 g/mol. The Kier molecular flexibility index (Phi) is 30.0. The van der Waals surface area contributed by atoms with E-state index in [1.54, 1.807) is 0 Å². The van der Waals surface area contributed by atoms with Gasteiger partial charge in [-0.1, -0.05) is 162 Å². The van der Waals surface area contributed by atoms with E-state index in [-0.39, 0.29) is 12.8 Å². The number of aliphatic hydroxyl groups is 5. The maximum absolute atomic E-state index is 12.7. The number of phosphoric ester groups is 1. The summed E-state index contributed by atoms with van der Waals surface area (Å²) in [6.45, 7) is 3.27. The number of hydrogen-bond acceptors (Lipinski definition) is 12. The maximum atomic E-state index is 12.7. The van der Waals surface area contributed by atoms with Crippen LogP contribution < -0.4 is 0 Å². The van der Waals surface area contributed by atoms with Crippen LogP contribution in [-0.4, -0.2) is 98.3 Å². The summed E-state index contributed by atoms with van der Waals surface area (Å²) in [6, 6.07) is 0. The molecule has 1 aliphatic carbocycles. The molecule has 6 unspecified atom stereocenters. The highest BCUT2D eigenvalue weighted by Gasteiger charge is 2.51. The zero-order valence-corrected chi connectivity index (χ0v) is 34.4. The number of carbonyl (C=O) groups excluding carboxylic acids is 2. The van der Waals surface area contributed by atoms with E-state index in [0.29, 0.717) is 12.8 Å². The molecule has 8 atom stereocenters. The third-order valence-corrected chi connectivity index (χ3v) is 11.2. The lowest BCUT2D eigenvalue weighted by molar-refractivity contribution is -0.220. The molecule has 0 aromatic rings. The van der Waals surface area contributed by atoms with E-state index in [0.717, 1.165) is 44.9 Å². The molecule has 320 valence electrons. The van der Waals surface area contributed by atoms with Crippen LogP contribution in [0.5, 0.6) is 0 Å². The second-order valence-electron chi connectivity index (χ2n) is 15.2. The highest BCUT2D eigenvalue weighted by Crippen LogP contribution is 2.47. The zero-order valence-electron chi connectivity index (χ0n) is 33.5. The Morgan fingerprint density at radius 2 is 0.833 bits per heavy atom. The lowest BCUT2D eigenvalue weighted by Crippen LogP contribution is -2.64. The van der Waals surface area contributed by atoms with Gasteiger partial charge in [-0.25, -0.2) is 4.57 Å². The predicted octanol–water partition coefficient (Wildman–Crippen LogP) is 7.33. The lowest BCUT2D eigenvalue weighted by atomic mass is 9.85. The molecule has 13 nitrogen and oxygen atoms in total. The molecule has 1 fully saturated rings. The standard InChI is InChI=1S/C40H77O13P/c1-3-5-7-9-11-13-14-15-16-17-18-19-21-22-24-26-28-33(41)50-30-32(52-34(42)29-27-25-23-20-12-10-8-6-4-2)31-51-54(48,49)53-40-38(46)36(44)35(43)37(45)39(40)47/h32,35-40,43-47H,3-31H2,1-2H3,(H,48,49)/t32-,35?,36-,37?,38?,39?,40?/m0/s1. The van der Waals surface area contributed by atoms with Crippen LogP contribution in [-0.2, 0) is 32.7 Å². The molecule has 0 aromatic carbocycles. The van der Waals surface area contributed by atoms with Crippen molar-refractivity contribution in [3.63, 3.8) is 0 Å². The van der Waals surface area contributed by atoms with Crippen molar-refractivity contribution < 1.29 is 63.1 Å². The van der Waals surface area contributed by atoms with Gasteiger partial charge in [-0.2, -0.15) is 0 Å². The van der Waals surface area contributed by atoms with Gasteiger partial charge >= 0.3 is 19.8 Å². The van der Waals surface area contributed by atoms with Gasteiger partial charge in [0.1, 0.15) is 43.2 Å². The Morgan fingerprint density at radius 1 is 0.500 bits per heavy atom. The molecule has 0 aromatic heterocycles. The van der Waals surface area contributed by atoms with E-state index in [4.69, 9.17) is 18.5 Å². The summed E-state index contributed by atoms with van der Waals surface area (Å²) < 4.78 is 33.4. The summed E-state index contributed by atoms with van der Waals surface area (Å²) in [5.41, 5.74) is 0. The first-order valence-electron chi connectivity index (χ1n) is 21.3. The van der Waals surface area contributed by atoms with Crippen LogP contribution in [0.15, 0.2) is 0 Å². The maximum Gasteiger partial charge on any atom is 0.472 e. The molecule has 0 spiro atoms. The zero-order chi connectivity index (χ0) is 40.0. The van der Waals surface area contributed by atoms with E-state index < -0.39 is 75.7 Å². The largest absolute Gasteiger partial charge is 0.472 e. The molecule has 54 heavy (non-hydrogen) atoms. The summed E-state index contributed by atoms with van der Waals surface area (Å²) in [6.07, 6.45) is 16.1. The summed E-state index contributed by atoms with van der Waals surface area (Å²) in [5.74, 6) is -1.09. The van der Waals surface area contributed by atoms with Gasteiger partial charge in [-0.15, -0.1) is 0 Å². The van der Waals surface area contributed by atoms with E-state index in [1.807, 2.05) is 0 Å². The Balaban J connectivity index is 2.44. The highest BCUT2D eigenvalue weighted by atomic mass is 31.2. The van der Waals surface area contributed by atoms with Crippen molar-refractivity contribution in [1.82, 2.24) is 0 Å². The van der Waals surface area contributed by atoms with Gasteiger partial charge in [0, 0.05) is 12.8 Å². The molecule has 0 amide bonds. The average molecular weight is 797 g/mol. The molecule has 0 bridgehead atoms. The Morgan fingerprint density at radius 3 is 1.22 bits per heavy atom. The molecule has 0 saturated heterocycles. The first kappa shape index (κ1) is 50.9. The second-order valence-corrected chi connectivity index (χ2v) is 16.6. The number of hydrogen-bond donors (Lipinski definition) is 6. The number of unbranched alkanes of at least 4 members (excludes halogenated alkanes) is 23. The number of aliphatic hydroxyl groups excluding tert-OH is 5. The van der Waals surface area contributed by atoms with Crippen LogP contribution in [0.2, 0.25) is 0 Å². The third kappa shape index (κ3) is 24.5. The second kappa shape index (κ2) is 31.9. The molecule has 1 rings (SSSR count). The fourth-order valence-electron chi connectivity index (χ4n) is 6.70. The van der Waals surface area contributed by atoms with Gasteiger partial charge < -0.3 is 39.9 Å². The Labute approximate surface area is 325 Å². The predicted molar refractivity (Wildman–Crippen MR) is 208 cm³/mol. The van der Waals surface area contributed by atoms with Crippen molar-refractivity contribution in [2.45, 2.75) is 230 Å². The smallest absolute Gasteiger partial charge is 0.462 e. The van der Waals surface area contributed by atoms with E-state index >= 15 is 0 Å². The normalized spacial score (nSPS) is 23.2. The van der Waals surface area contributed by atoms with Crippen LogP contribution in [0.1, 0.15) is 187 Å². The van der Waals surface area contributed by atoms with E-state index in [2.05, 4.69) is 13.8 Å². The number of phosphoric acid groups is 1. The number of rotatable bonds is 35. The Bertz CT molecular complexity index is 969. The van der Waals surface area contributed by atoms with Gasteiger partial charge in [-0.3, -0.25) is 18.6 Å². The van der Waals surface area contributed by atoms with Gasteiger partial charge in [0.2, 0.25) is 0 Å². The van der Waals surface area contributed by atoms with Crippen LogP contribution in [0.4, 0.5) is 0 Å². The van der Waals surface area contributed by atoms with Crippen LogP contribution in [0.25, 0.3) is 0 Å². The van der Waals surface area contributed by atoms with Crippen molar-refractivity contribution in [1.29, 1.82) is 0 Å². The first-order valence-corrected chi connectivity index (χ1v) is 22.8. The van der Waals surface area contributed by atoms with Crippen LogP contribution in [0.3, 0.4) is 0 Å². The molecule has 0 heterocycles. The molecule has 14 heteroatoms. The van der Waals surface area contributed by atoms with E-state index in [9.17, 15) is 44.6 Å². The number of ether oxygens (including phenoxy) is 2. The van der Waals surface area contributed by atoms with E-state index in [1.165, 1.54) is 103 Å². The minimum atomic E-state index is -5.10. The summed E-state index contributed by atoms with van der Waals surface area (Å²) >= 11 is 0. The molecule has 1 saturated carbocycles. The van der Waals surface area contributed by atoms with Crippen LogP contribution >= 0.6 is 7.82 Å². The number of esters is 2. The summed E-state index contributed by atoms with van der Waals surface area (Å²) in [5, 5.41) is 49.9. The minimum absolute atomic E-state index is 0.103. The van der Waals surface area contributed by atoms with Crippen molar-refractivity contribution >= 4 is 19.8 Å². The fourth-order valence-corrected chi connectivity index (χ4v) is 7.67. The van der Waals surface area contributed by atoms with Crippen molar-refractivity contribution in [2.24, 2.45) is 0 Å². The number of carbonyl (C=O) groups is 2. The first-order chi connectivity index (χ1) is 25.9. The highest BCUT2D eigenvalue weighted by molar-refractivity contribution is 7.47. The topological polar surface area (TPSA) is 210 Å². The van der Waals surface area contributed by atoms with Crippen molar-refractivity contribution in [3.05, 3.63) is 0 Å². The molecule has 0 aliphatic heterocycles. The molecule has 0 radical (unpaired) electrons. The SMILES string of the molecule is CCCCCCCCCCCCCCCCCCC(=O)OC[C@@H](COP(=O)(O)OC1C(O)C(O)C(O)[C@H](O)C1O)OC(=O)CCCCCCCCCCC. The van der Waals surface area contributed by atoms with Crippen molar-refractivity contribution in [3.8, 4) is 0 Å². The quantitative estimate of drug-likeness (QED) is 0.0211. The minimum Gasteiger partial charge on any atom is -0.462 e. The third-order valence-electron chi connectivity index (χ3n) is 10.2. The molecule has 1 aliphatic rings. The monoisotopic (exact) mass is 797 g/mol. The average Bonchev–Trinajstić information content (AvgIpc) is 3.15. The van der Waals surface area contributed by atoms with Crippen molar-refractivity contribution in [2.75, 3.05) is 13.2 Å². The lowest BCUT2D eigenvalue weighted by Gasteiger charge is -2.41. The van der Waals surface area contributed by atoms with Gasteiger partial charge in [-0.05, 0) is 12.8 Å². The van der Waals surface area contributed by atoms with Gasteiger partial charge in [0.25, 0.3) is 0 Å². The van der Waals surface area contributed by atoms with Gasteiger partial charge in [0.15, 0.2) is 6.10 Å². The fraction of sp³-hybridized carbons (Fsp3) is 0.950. The molecule has 6 N–H and O–H groups in total. The van der Waals surface area contributed by atoms with Gasteiger partial charge in [0.05, 0.1) is 6.61 Å². The summed E-state index contributed by atoms with van der Waals surface area (Å²) in [7, 11) is -5.10. The Hall–Kier alpha value is -1.15. The molecular formula is C40H77O13P. The summed E-state index contributed by atoms with van der Waals surface area (Å²) in [4.78, 5) is 35.5. The van der Waals surface area contributed by atoms with Crippen LogP contribution in [0, 0.1) is 0 Å².